The van der Waals surface area contributed by atoms with Crippen molar-refractivity contribution in [2.45, 2.75) is 12.3 Å². The number of fused-ring (bicyclic) bond motifs is 1. The number of para-hydroxylation sites is 3. The fraction of sp³-hybridized carbons (Fsp3) is 0.250. The molecule has 0 amide bonds. The van der Waals surface area contributed by atoms with Crippen LogP contribution in [0.15, 0.2) is 48.5 Å². The molecule has 0 bridgehead atoms. The SMILES string of the molecule is Oc1ccccc1OCC1CCNc2ccccc21. The molecule has 0 saturated heterocycles. The van der Waals surface area contributed by atoms with Gasteiger partial charge in [-0.15, -0.1) is 0 Å². The maximum atomic E-state index is 9.70. The van der Waals surface area contributed by atoms with Gasteiger partial charge in [-0.05, 0) is 30.2 Å². The molecule has 0 radical (unpaired) electrons. The molecule has 1 aliphatic heterocycles. The molecule has 2 N–H and O–H groups in total. The van der Waals surface area contributed by atoms with Crippen molar-refractivity contribution in [2.24, 2.45) is 0 Å². The molecule has 0 fully saturated rings. The number of benzene rings is 2. The summed E-state index contributed by atoms with van der Waals surface area (Å²) in [5, 5.41) is 13.1. The highest BCUT2D eigenvalue weighted by Gasteiger charge is 2.20. The summed E-state index contributed by atoms with van der Waals surface area (Å²) in [6.07, 6.45) is 1.05. The lowest BCUT2D eigenvalue weighted by atomic mass is 9.92. The van der Waals surface area contributed by atoms with E-state index < -0.39 is 0 Å². The minimum absolute atomic E-state index is 0.199. The molecule has 3 rings (SSSR count). The maximum Gasteiger partial charge on any atom is 0.160 e. The minimum atomic E-state index is 0.199. The molecule has 2 aromatic rings. The van der Waals surface area contributed by atoms with Gasteiger partial charge in [0.05, 0.1) is 6.61 Å². The van der Waals surface area contributed by atoms with Crippen LogP contribution < -0.4 is 10.1 Å². The summed E-state index contributed by atoms with van der Waals surface area (Å²) < 4.78 is 5.76. The van der Waals surface area contributed by atoms with Crippen molar-refractivity contribution >= 4 is 5.69 Å². The van der Waals surface area contributed by atoms with Crippen LogP contribution in [0.25, 0.3) is 0 Å². The summed E-state index contributed by atoms with van der Waals surface area (Å²) in [5.41, 5.74) is 2.49. The predicted octanol–water partition coefficient (Wildman–Crippen LogP) is 3.37. The zero-order valence-electron chi connectivity index (χ0n) is 10.7. The molecule has 0 saturated carbocycles. The van der Waals surface area contributed by atoms with Crippen molar-refractivity contribution < 1.29 is 9.84 Å². The van der Waals surface area contributed by atoms with Crippen molar-refractivity contribution in [3.05, 3.63) is 54.1 Å². The van der Waals surface area contributed by atoms with Crippen LogP contribution in [0.3, 0.4) is 0 Å². The third kappa shape index (κ3) is 2.50. The molecule has 1 atom stereocenters. The topological polar surface area (TPSA) is 41.5 Å². The number of ether oxygens (including phenoxy) is 1. The zero-order chi connectivity index (χ0) is 13.1. The van der Waals surface area contributed by atoms with E-state index in [1.807, 2.05) is 12.1 Å². The van der Waals surface area contributed by atoms with Crippen LogP contribution in [-0.2, 0) is 0 Å². The zero-order valence-corrected chi connectivity index (χ0v) is 10.7. The van der Waals surface area contributed by atoms with E-state index in [9.17, 15) is 5.11 Å². The van der Waals surface area contributed by atoms with Gasteiger partial charge in [0.1, 0.15) is 0 Å². The van der Waals surface area contributed by atoms with Crippen LogP contribution in [0.5, 0.6) is 11.5 Å². The van der Waals surface area contributed by atoms with Gasteiger partial charge in [0.15, 0.2) is 11.5 Å². The van der Waals surface area contributed by atoms with E-state index in [1.54, 1.807) is 18.2 Å². The molecule has 19 heavy (non-hydrogen) atoms. The third-order valence-electron chi connectivity index (χ3n) is 3.51. The van der Waals surface area contributed by atoms with E-state index in [0.29, 0.717) is 18.3 Å². The van der Waals surface area contributed by atoms with Gasteiger partial charge in [-0.3, -0.25) is 0 Å². The Bertz CT molecular complexity index is 568. The van der Waals surface area contributed by atoms with Gasteiger partial charge in [0.2, 0.25) is 0 Å². The van der Waals surface area contributed by atoms with Crippen LogP contribution >= 0.6 is 0 Å². The fourth-order valence-electron chi connectivity index (χ4n) is 2.49. The molecular weight excluding hydrogens is 238 g/mol. The van der Waals surface area contributed by atoms with Crippen LogP contribution in [0.1, 0.15) is 17.9 Å². The lowest BCUT2D eigenvalue weighted by molar-refractivity contribution is 0.269. The van der Waals surface area contributed by atoms with E-state index in [0.717, 1.165) is 13.0 Å². The van der Waals surface area contributed by atoms with E-state index in [-0.39, 0.29) is 5.75 Å². The fourth-order valence-corrected chi connectivity index (χ4v) is 2.49. The van der Waals surface area contributed by atoms with E-state index in [4.69, 9.17) is 4.74 Å². The Hall–Kier alpha value is -2.16. The van der Waals surface area contributed by atoms with Crippen molar-refractivity contribution in [1.29, 1.82) is 0 Å². The van der Waals surface area contributed by atoms with Crippen LogP contribution in [0.4, 0.5) is 5.69 Å². The van der Waals surface area contributed by atoms with Crippen LogP contribution in [-0.4, -0.2) is 18.3 Å². The summed E-state index contributed by atoms with van der Waals surface area (Å²) >= 11 is 0. The van der Waals surface area contributed by atoms with E-state index >= 15 is 0 Å². The van der Waals surface area contributed by atoms with Gasteiger partial charge < -0.3 is 15.2 Å². The van der Waals surface area contributed by atoms with E-state index in [1.165, 1.54) is 11.3 Å². The molecular formula is C16H17NO2. The lowest BCUT2D eigenvalue weighted by Crippen LogP contribution is -2.21. The first kappa shape index (κ1) is 11.9. The number of hydrogen-bond donors (Lipinski definition) is 2. The van der Waals surface area contributed by atoms with Crippen molar-refractivity contribution in [2.75, 3.05) is 18.5 Å². The molecule has 3 nitrogen and oxygen atoms in total. The molecule has 0 aliphatic carbocycles. The van der Waals surface area contributed by atoms with Gasteiger partial charge in [-0.2, -0.15) is 0 Å². The molecule has 1 unspecified atom stereocenters. The van der Waals surface area contributed by atoms with Gasteiger partial charge in [-0.1, -0.05) is 30.3 Å². The van der Waals surface area contributed by atoms with Crippen molar-refractivity contribution in [1.82, 2.24) is 0 Å². The number of hydrogen-bond acceptors (Lipinski definition) is 3. The smallest absolute Gasteiger partial charge is 0.160 e. The van der Waals surface area contributed by atoms with Crippen LogP contribution in [0, 0.1) is 0 Å². The van der Waals surface area contributed by atoms with Gasteiger partial charge in [-0.25, -0.2) is 0 Å². The highest BCUT2D eigenvalue weighted by molar-refractivity contribution is 5.54. The van der Waals surface area contributed by atoms with Crippen LogP contribution in [0.2, 0.25) is 0 Å². The molecule has 98 valence electrons. The summed E-state index contributed by atoms with van der Waals surface area (Å²) in [4.78, 5) is 0. The van der Waals surface area contributed by atoms with Gasteiger partial charge >= 0.3 is 0 Å². The number of phenolic OH excluding ortho intramolecular Hbond substituents is 1. The number of anilines is 1. The first-order valence-electron chi connectivity index (χ1n) is 6.58. The average molecular weight is 255 g/mol. The highest BCUT2D eigenvalue weighted by Crippen LogP contribution is 2.33. The Morgan fingerprint density at radius 1 is 1.11 bits per heavy atom. The first-order chi connectivity index (χ1) is 9.34. The second-order valence-electron chi connectivity index (χ2n) is 4.78. The number of rotatable bonds is 3. The Labute approximate surface area is 112 Å². The van der Waals surface area contributed by atoms with Gasteiger partial charge in [0.25, 0.3) is 0 Å². The molecule has 1 heterocycles. The first-order valence-corrected chi connectivity index (χ1v) is 6.58. The second kappa shape index (κ2) is 5.22. The summed E-state index contributed by atoms with van der Waals surface area (Å²) in [6, 6.07) is 15.4. The quantitative estimate of drug-likeness (QED) is 0.883. The Kier molecular flexibility index (Phi) is 3.27. The maximum absolute atomic E-state index is 9.70. The Balaban J connectivity index is 1.73. The Morgan fingerprint density at radius 2 is 1.89 bits per heavy atom. The standard InChI is InChI=1S/C16H17NO2/c18-15-7-3-4-8-16(15)19-11-12-9-10-17-14-6-2-1-5-13(12)14/h1-8,12,17-18H,9-11H2. The summed E-state index contributed by atoms with van der Waals surface area (Å²) in [7, 11) is 0. The summed E-state index contributed by atoms with van der Waals surface area (Å²) in [5.74, 6) is 1.13. The minimum Gasteiger partial charge on any atom is -0.504 e. The molecule has 3 heteroatoms. The van der Waals surface area contributed by atoms with Crippen molar-refractivity contribution in [3.8, 4) is 11.5 Å². The second-order valence-corrected chi connectivity index (χ2v) is 4.78. The number of aromatic hydroxyl groups is 1. The van der Waals surface area contributed by atoms with Crippen molar-refractivity contribution in [3.63, 3.8) is 0 Å². The Morgan fingerprint density at radius 3 is 2.79 bits per heavy atom. The predicted molar refractivity (Wildman–Crippen MR) is 75.9 cm³/mol. The normalized spacial score (nSPS) is 17.4. The largest absolute Gasteiger partial charge is 0.504 e. The third-order valence-corrected chi connectivity index (χ3v) is 3.51. The lowest BCUT2D eigenvalue weighted by Gasteiger charge is -2.26. The van der Waals surface area contributed by atoms with Gasteiger partial charge in [0, 0.05) is 18.2 Å². The molecule has 1 aliphatic rings. The van der Waals surface area contributed by atoms with E-state index in [2.05, 4.69) is 23.5 Å². The number of nitrogens with one attached hydrogen (secondary N) is 1. The average Bonchev–Trinajstić information content (AvgIpc) is 2.46. The summed E-state index contributed by atoms with van der Waals surface area (Å²) in [6.45, 7) is 1.56. The number of phenols is 1. The molecule has 0 spiro atoms. The monoisotopic (exact) mass is 255 g/mol. The molecule has 2 aromatic carbocycles. The molecule has 0 aromatic heterocycles. The highest BCUT2D eigenvalue weighted by atomic mass is 16.5.